The fourth-order valence-corrected chi connectivity index (χ4v) is 2.06. The van der Waals surface area contributed by atoms with Crippen molar-refractivity contribution in [2.75, 3.05) is 0 Å². The summed E-state index contributed by atoms with van der Waals surface area (Å²) in [7, 11) is 0. The number of hydrogen-bond donors (Lipinski definition) is 1. The maximum Gasteiger partial charge on any atom is 0.313 e. The molecule has 2 rings (SSSR count). The predicted octanol–water partition coefficient (Wildman–Crippen LogP) is 2.11. The summed E-state index contributed by atoms with van der Waals surface area (Å²) in [5, 5.41) is 9.09. The molecule has 0 heterocycles. The van der Waals surface area contributed by atoms with Crippen LogP contribution in [-0.2, 0) is 16.6 Å². The van der Waals surface area contributed by atoms with Gasteiger partial charge in [-0.1, -0.05) is 12.1 Å². The Morgan fingerprint density at radius 3 is 2.93 bits per heavy atom. The van der Waals surface area contributed by atoms with Crippen LogP contribution in [0.4, 0.5) is 4.39 Å². The molecule has 2 nitrogen and oxygen atoms in total. The first-order valence-corrected chi connectivity index (χ1v) is 4.57. The zero-order valence-electron chi connectivity index (χ0n) is 7.88. The van der Waals surface area contributed by atoms with E-state index in [1.165, 1.54) is 6.07 Å². The first kappa shape index (κ1) is 9.19. The van der Waals surface area contributed by atoms with E-state index < -0.39 is 11.4 Å². The molecule has 0 bridgehead atoms. The molecule has 1 atom stereocenters. The van der Waals surface area contributed by atoms with Crippen molar-refractivity contribution in [3.63, 3.8) is 0 Å². The van der Waals surface area contributed by atoms with Crippen molar-refractivity contribution in [3.8, 4) is 0 Å². The largest absolute Gasteiger partial charge is 0.481 e. The van der Waals surface area contributed by atoms with Gasteiger partial charge < -0.3 is 5.11 Å². The summed E-state index contributed by atoms with van der Waals surface area (Å²) >= 11 is 0. The van der Waals surface area contributed by atoms with Gasteiger partial charge in [0, 0.05) is 0 Å². The molecule has 0 amide bonds. The van der Waals surface area contributed by atoms with Crippen molar-refractivity contribution in [2.24, 2.45) is 0 Å². The third-order valence-electron chi connectivity index (χ3n) is 3.06. The molecule has 14 heavy (non-hydrogen) atoms. The summed E-state index contributed by atoms with van der Waals surface area (Å²) in [5.74, 6) is -1.16. The summed E-state index contributed by atoms with van der Waals surface area (Å²) in [6.07, 6.45) is 1.00. The van der Waals surface area contributed by atoms with Crippen LogP contribution in [0.15, 0.2) is 18.2 Å². The fraction of sp³-hybridized carbons (Fsp3) is 0.364. The Labute approximate surface area is 81.4 Å². The van der Waals surface area contributed by atoms with Crippen molar-refractivity contribution in [2.45, 2.75) is 25.2 Å². The Morgan fingerprint density at radius 1 is 1.57 bits per heavy atom. The predicted molar refractivity (Wildman–Crippen MR) is 49.7 cm³/mol. The van der Waals surface area contributed by atoms with Gasteiger partial charge in [0.2, 0.25) is 0 Å². The topological polar surface area (TPSA) is 37.3 Å². The SMILES string of the molecule is CC1(C(=O)O)CCc2c(F)cccc21. The van der Waals surface area contributed by atoms with Crippen LogP contribution in [0.5, 0.6) is 0 Å². The fourth-order valence-electron chi connectivity index (χ4n) is 2.06. The average Bonchev–Trinajstić information content (AvgIpc) is 2.47. The van der Waals surface area contributed by atoms with E-state index in [1.807, 2.05) is 0 Å². The zero-order chi connectivity index (χ0) is 10.3. The van der Waals surface area contributed by atoms with Gasteiger partial charge in [-0.2, -0.15) is 0 Å². The molecule has 1 aliphatic rings. The second kappa shape index (κ2) is 2.80. The lowest BCUT2D eigenvalue weighted by atomic mass is 9.84. The highest BCUT2D eigenvalue weighted by molar-refractivity contribution is 5.82. The summed E-state index contributed by atoms with van der Waals surface area (Å²) in [6, 6.07) is 4.66. The van der Waals surface area contributed by atoms with Crippen molar-refractivity contribution >= 4 is 5.97 Å². The lowest BCUT2D eigenvalue weighted by molar-refractivity contribution is -0.143. The molecule has 0 spiro atoms. The second-order valence-corrected chi connectivity index (χ2v) is 3.90. The minimum atomic E-state index is -0.905. The molecule has 1 aromatic rings. The average molecular weight is 194 g/mol. The van der Waals surface area contributed by atoms with E-state index in [2.05, 4.69) is 0 Å². The van der Waals surface area contributed by atoms with Gasteiger partial charge in [0.05, 0.1) is 5.41 Å². The van der Waals surface area contributed by atoms with E-state index in [9.17, 15) is 9.18 Å². The first-order valence-electron chi connectivity index (χ1n) is 4.57. The molecule has 1 N–H and O–H groups in total. The lowest BCUT2D eigenvalue weighted by Crippen LogP contribution is -2.29. The van der Waals surface area contributed by atoms with Gasteiger partial charge in [0.15, 0.2) is 0 Å². The molecule has 0 saturated heterocycles. The van der Waals surface area contributed by atoms with Crippen LogP contribution in [0.1, 0.15) is 24.5 Å². The Morgan fingerprint density at radius 2 is 2.29 bits per heavy atom. The number of halogens is 1. The monoisotopic (exact) mass is 194 g/mol. The molecule has 1 aliphatic carbocycles. The van der Waals surface area contributed by atoms with Crippen molar-refractivity contribution in [1.82, 2.24) is 0 Å². The van der Waals surface area contributed by atoms with Crippen LogP contribution in [-0.4, -0.2) is 11.1 Å². The van der Waals surface area contributed by atoms with Gasteiger partial charge in [0.1, 0.15) is 5.82 Å². The van der Waals surface area contributed by atoms with Gasteiger partial charge in [0.25, 0.3) is 0 Å². The van der Waals surface area contributed by atoms with E-state index in [4.69, 9.17) is 5.11 Å². The maximum atomic E-state index is 13.3. The number of fused-ring (bicyclic) bond motifs is 1. The maximum absolute atomic E-state index is 13.3. The van der Waals surface area contributed by atoms with Gasteiger partial charge in [-0.05, 0) is 37.0 Å². The van der Waals surface area contributed by atoms with E-state index in [-0.39, 0.29) is 5.82 Å². The molecular weight excluding hydrogens is 183 g/mol. The van der Waals surface area contributed by atoms with Gasteiger partial charge >= 0.3 is 5.97 Å². The number of rotatable bonds is 1. The number of carboxylic acid groups (broad SMARTS) is 1. The third kappa shape index (κ3) is 1.05. The molecule has 3 heteroatoms. The quantitative estimate of drug-likeness (QED) is 0.743. The zero-order valence-corrected chi connectivity index (χ0v) is 7.88. The van der Waals surface area contributed by atoms with Crippen molar-refractivity contribution < 1.29 is 14.3 Å². The normalized spacial score (nSPS) is 24.7. The van der Waals surface area contributed by atoms with E-state index in [0.717, 1.165) is 0 Å². The minimum Gasteiger partial charge on any atom is -0.481 e. The molecule has 74 valence electrons. The van der Waals surface area contributed by atoms with Crippen molar-refractivity contribution in [1.29, 1.82) is 0 Å². The van der Waals surface area contributed by atoms with Gasteiger partial charge in [-0.25, -0.2) is 4.39 Å². The second-order valence-electron chi connectivity index (χ2n) is 3.90. The van der Waals surface area contributed by atoms with Crippen LogP contribution < -0.4 is 0 Å². The number of carbonyl (C=O) groups is 1. The summed E-state index contributed by atoms with van der Waals surface area (Å²) in [4.78, 5) is 11.1. The molecule has 0 radical (unpaired) electrons. The summed E-state index contributed by atoms with van der Waals surface area (Å²) in [5.41, 5.74) is 0.291. The van der Waals surface area contributed by atoms with E-state index in [1.54, 1.807) is 19.1 Å². The van der Waals surface area contributed by atoms with Gasteiger partial charge in [-0.15, -0.1) is 0 Å². The Balaban J connectivity index is 2.60. The van der Waals surface area contributed by atoms with E-state index in [0.29, 0.717) is 24.0 Å². The molecule has 0 saturated carbocycles. The molecule has 1 aromatic carbocycles. The molecular formula is C11H11FO2. The van der Waals surface area contributed by atoms with Crippen LogP contribution >= 0.6 is 0 Å². The summed E-state index contributed by atoms with van der Waals surface area (Å²) < 4.78 is 13.3. The Kier molecular flexibility index (Phi) is 1.84. The van der Waals surface area contributed by atoms with Crippen LogP contribution in [0.25, 0.3) is 0 Å². The Hall–Kier alpha value is -1.38. The molecule has 0 aliphatic heterocycles. The third-order valence-corrected chi connectivity index (χ3v) is 3.06. The van der Waals surface area contributed by atoms with E-state index >= 15 is 0 Å². The summed E-state index contributed by atoms with van der Waals surface area (Å²) in [6.45, 7) is 1.65. The lowest BCUT2D eigenvalue weighted by Gasteiger charge is -2.19. The molecule has 0 aromatic heterocycles. The number of benzene rings is 1. The first-order chi connectivity index (χ1) is 6.55. The number of carboxylic acids is 1. The standard InChI is InChI=1S/C11H11FO2/c1-11(10(13)14)6-5-7-8(11)3-2-4-9(7)12/h2-4H,5-6H2,1H3,(H,13,14). The van der Waals surface area contributed by atoms with Crippen LogP contribution in [0, 0.1) is 5.82 Å². The number of hydrogen-bond acceptors (Lipinski definition) is 1. The Bertz CT molecular complexity index is 400. The van der Waals surface area contributed by atoms with Crippen LogP contribution in [0.3, 0.4) is 0 Å². The highest BCUT2D eigenvalue weighted by Gasteiger charge is 2.41. The highest BCUT2D eigenvalue weighted by Crippen LogP contribution is 2.39. The smallest absolute Gasteiger partial charge is 0.313 e. The molecule has 0 fully saturated rings. The highest BCUT2D eigenvalue weighted by atomic mass is 19.1. The van der Waals surface area contributed by atoms with Crippen molar-refractivity contribution in [3.05, 3.63) is 35.1 Å². The minimum absolute atomic E-state index is 0.285. The molecule has 1 unspecified atom stereocenters. The number of aliphatic carboxylic acids is 1. The van der Waals surface area contributed by atoms with Crippen LogP contribution in [0.2, 0.25) is 0 Å². The van der Waals surface area contributed by atoms with Gasteiger partial charge in [-0.3, -0.25) is 4.79 Å².